The molecule has 0 bridgehead atoms. The number of carbonyl (C=O) groups is 2. The van der Waals surface area contributed by atoms with Crippen molar-refractivity contribution in [2.75, 3.05) is 13.6 Å². The van der Waals surface area contributed by atoms with Crippen molar-refractivity contribution in [3.8, 4) is 0 Å². The van der Waals surface area contributed by atoms with E-state index in [4.69, 9.17) is 4.74 Å². The van der Waals surface area contributed by atoms with Crippen LogP contribution in [0, 0.1) is 0 Å². The van der Waals surface area contributed by atoms with Crippen molar-refractivity contribution in [1.82, 2.24) is 9.80 Å². The van der Waals surface area contributed by atoms with Crippen LogP contribution in [0.2, 0.25) is 0 Å². The maximum absolute atomic E-state index is 12.5. The highest BCUT2D eigenvalue weighted by molar-refractivity contribution is 5.87. The van der Waals surface area contributed by atoms with Crippen LogP contribution in [0.25, 0.3) is 0 Å². The summed E-state index contributed by atoms with van der Waals surface area (Å²) in [6.07, 6.45) is 0.189. The second-order valence-corrected chi connectivity index (χ2v) is 6.64. The Bertz CT molecular complexity index is 537. The average molecular weight is 304 g/mol. The zero-order valence-electron chi connectivity index (χ0n) is 13.7. The Morgan fingerprint density at radius 1 is 1.32 bits per heavy atom. The molecule has 0 saturated carbocycles. The van der Waals surface area contributed by atoms with Gasteiger partial charge in [0.05, 0.1) is 0 Å². The summed E-state index contributed by atoms with van der Waals surface area (Å²) in [7, 11) is 1.63. The summed E-state index contributed by atoms with van der Waals surface area (Å²) in [5, 5.41) is 0. The number of hydrogen-bond donors (Lipinski definition) is 0. The highest BCUT2D eigenvalue weighted by Crippen LogP contribution is 2.20. The smallest absolute Gasteiger partial charge is 0.410 e. The average Bonchev–Trinajstić information content (AvgIpc) is 2.79. The van der Waals surface area contributed by atoms with Crippen LogP contribution in [0.1, 0.15) is 32.8 Å². The largest absolute Gasteiger partial charge is 0.444 e. The van der Waals surface area contributed by atoms with Crippen LogP contribution in [0.5, 0.6) is 0 Å². The van der Waals surface area contributed by atoms with Gasteiger partial charge in [-0.05, 0) is 32.8 Å². The Balaban J connectivity index is 1.97. The lowest BCUT2D eigenvalue weighted by Crippen LogP contribution is -2.44. The summed E-state index contributed by atoms with van der Waals surface area (Å²) in [6, 6.07) is 9.43. The molecule has 1 aromatic carbocycles. The molecule has 0 unspecified atom stereocenters. The van der Waals surface area contributed by atoms with Crippen LogP contribution in [0.4, 0.5) is 4.79 Å². The minimum Gasteiger partial charge on any atom is -0.444 e. The lowest BCUT2D eigenvalue weighted by atomic mass is 10.2. The van der Waals surface area contributed by atoms with Crippen LogP contribution in [-0.2, 0) is 16.1 Å². The van der Waals surface area contributed by atoms with Crippen molar-refractivity contribution in [3.63, 3.8) is 0 Å². The molecule has 5 heteroatoms. The van der Waals surface area contributed by atoms with Gasteiger partial charge in [-0.1, -0.05) is 30.3 Å². The predicted octanol–water partition coefficient (Wildman–Crippen LogP) is 2.65. The summed E-state index contributed by atoms with van der Waals surface area (Å²) in [5.41, 5.74) is 0.535. The first-order valence-electron chi connectivity index (χ1n) is 7.56. The minimum atomic E-state index is -0.559. The molecule has 2 rings (SSSR count). The van der Waals surface area contributed by atoms with Gasteiger partial charge < -0.3 is 9.64 Å². The van der Waals surface area contributed by atoms with Gasteiger partial charge in [-0.25, -0.2) is 4.79 Å². The number of nitrogens with zero attached hydrogens (tertiary/aromatic N) is 2. The molecule has 0 radical (unpaired) electrons. The van der Waals surface area contributed by atoms with E-state index in [1.165, 1.54) is 4.90 Å². The summed E-state index contributed by atoms with van der Waals surface area (Å²) in [4.78, 5) is 27.8. The third-order valence-corrected chi connectivity index (χ3v) is 3.63. The molecule has 1 aromatic rings. The Morgan fingerprint density at radius 2 is 1.95 bits per heavy atom. The Labute approximate surface area is 131 Å². The van der Waals surface area contributed by atoms with Crippen molar-refractivity contribution in [2.24, 2.45) is 0 Å². The van der Waals surface area contributed by atoms with Crippen LogP contribution < -0.4 is 0 Å². The lowest BCUT2D eigenvalue weighted by Gasteiger charge is -2.27. The molecule has 22 heavy (non-hydrogen) atoms. The normalized spacial score (nSPS) is 18.5. The molecule has 1 atom stereocenters. The quantitative estimate of drug-likeness (QED) is 0.862. The minimum absolute atomic E-state index is 0.0165. The van der Waals surface area contributed by atoms with E-state index in [0.29, 0.717) is 19.5 Å². The number of ether oxygens (including phenoxy) is 1. The van der Waals surface area contributed by atoms with E-state index in [1.54, 1.807) is 11.9 Å². The van der Waals surface area contributed by atoms with Crippen molar-refractivity contribution in [3.05, 3.63) is 35.9 Å². The number of benzene rings is 1. The second-order valence-electron chi connectivity index (χ2n) is 6.64. The molecular weight excluding hydrogens is 280 g/mol. The molecule has 0 spiro atoms. The third-order valence-electron chi connectivity index (χ3n) is 3.63. The van der Waals surface area contributed by atoms with Gasteiger partial charge in [0.25, 0.3) is 0 Å². The number of rotatable bonds is 3. The summed E-state index contributed by atoms with van der Waals surface area (Å²) >= 11 is 0. The molecule has 1 aliphatic heterocycles. The first kappa shape index (κ1) is 16.3. The first-order chi connectivity index (χ1) is 10.3. The fourth-order valence-corrected chi connectivity index (χ4v) is 2.50. The number of likely N-dealkylation sites (N-methyl/N-ethyl adjacent to an activating group) is 1. The SMILES string of the molecule is CN(C(=O)OC(C)(C)C)[C@@H]1CCN(Cc2ccccc2)C1=O. The van der Waals surface area contributed by atoms with Gasteiger partial charge in [-0.15, -0.1) is 0 Å². The monoisotopic (exact) mass is 304 g/mol. The number of amides is 2. The molecular formula is C17H24N2O3. The molecule has 1 aliphatic rings. The highest BCUT2D eigenvalue weighted by atomic mass is 16.6. The zero-order chi connectivity index (χ0) is 16.3. The van der Waals surface area contributed by atoms with E-state index in [-0.39, 0.29) is 5.91 Å². The summed E-state index contributed by atoms with van der Waals surface area (Å²) in [5.74, 6) is -0.0165. The van der Waals surface area contributed by atoms with Crippen LogP contribution in [0.3, 0.4) is 0 Å². The van der Waals surface area contributed by atoms with E-state index in [9.17, 15) is 9.59 Å². The third kappa shape index (κ3) is 4.00. The van der Waals surface area contributed by atoms with E-state index < -0.39 is 17.7 Å². The van der Waals surface area contributed by atoms with Gasteiger partial charge >= 0.3 is 6.09 Å². The Kier molecular flexibility index (Phi) is 4.74. The zero-order valence-corrected chi connectivity index (χ0v) is 13.7. The van der Waals surface area contributed by atoms with Crippen LogP contribution in [-0.4, -0.2) is 47.0 Å². The topological polar surface area (TPSA) is 49.9 Å². The van der Waals surface area contributed by atoms with E-state index in [1.807, 2.05) is 51.1 Å². The molecule has 0 aliphatic carbocycles. The van der Waals surface area contributed by atoms with Gasteiger partial charge in [-0.2, -0.15) is 0 Å². The van der Waals surface area contributed by atoms with Gasteiger partial charge in [0.15, 0.2) is 0 Å². The molecule has 120 valence electrons. The number of likely N-dealkylation sites (tertiary alicyclic amines) is 1. The van der Waals surface area contributed by atoms with Crippen molar-refractivity contribution in [1.29, 1.82) is 0 Å². The lowest BCUT2D eigenvalue weighted by molar-refractivity contribution is -0.132. The molecule has 0 N–H and O–H groups in total. The van der Waals surface area contributed by atoms with Gasteiger partial charge in [0.1, 0.15) is 11.6 Å². The van der Waals surface area contributed by atoms with Crippen molar-refractivity contribution in [2.45, 2.75) is 45.4 Å². The van der Waals surface area contributed by atoms with Gasteiger partial charge in [0, 0.05) is 20.1 Å². The number of hydrogen-bond acceptors (Lipinski definition) is 3. The fraction of sp³-hybridized carbons (Fsp3) is 0.529. The standard InChI is InChI=1S/C17H24N2O3/c1-17(2,3)22-16(21)18(4)14-10-11-19(15(14)20)12-13-8-6-5-7-9-13/h5-9,14H,10-12H2,1-4H3/t14-/m1/s1. The predicted molar refractivity (Wildman–Crippen MR) is 84.3 cm³/mol. The highest BCUT2D eigenvalue weighted by Gasteiger charge is 2.37. The van der Waals surface area contributed by atoms with E-state index in [2.05, 4.69) is 0 Å². The first-order valence-corrected chi connectivity index (χ1v) is 7.56. The number of carbonyl (C=O) groups excluding carboxylic acids is 2. The molecule has 1 fully saturated rings. The maximum Gasteiger partial charge on any atom is 0.410 e. The molecule has 0 aromatic heterocycles. The van der Waals surface area contributed by atoms with E-state index in [0.717, 1.165) is 5.56 Å². The molecule has 2 amide bonds. The van der Waals surface area contributed by atoms with Crippen LogP contribution >= 0.6 is 0 Å². The van der Waals surface area contributed by atoms with Crippen molar-refractivity contribution < 1.29 is 14.3 Å². The van der Waals surface area contributed by atoms with Gasteiger partial charge in [0.2, 0.25) is 5.91 Å². The van der Waals surface area contributed by atoms with Crippen molar-refractivity contribution >= 4 is 12.0 Å². The Hall–Kier alpha value is -2.04. The molecule has 5 nitrogen and oxygen atoms in total. The van der Waals surface area contributed by atoms with E-state index >= 15 is 0 Å². The maximum atomic E-state index is 12.5. The second kappa shape index (κ2) is 6.38. The van der Waals surface area contributed by atoms with Gasteiger partial charge in [-0.3, -0.25) is 9.69 Å². The fourth-order valence-electron chi connectivity index (χ4n) is 2.50. The molecule has 1 heterocycles. The summed E-state index contributed by atoms with van der Waals surface area (Å²) < 4.78 is 5.33. The van der Waals surface area contributed by atoms with Crippen LogP contribution in [0.15, 0.2) is 30.3 Å². The Morgan fingerprint density at radius 3 is 2.55 bits per heavy atom. The summed E-state index contributed by atoms with van der Waals surface area (Å²) in [6.45, 7) is 6.69. The molecule has 1 saturated heterocycles.